The topological polar surface area (TPSA) is 108 Å². The second-order valence-electron chi connectivity index (χ2n) is 5.35. The number of nitrogens with two attached hydrogens (primary N) is 1. The molecule has 0 aliphatic carbocycles. The number of nitrogens with zero attached hydrogens (tertiary/aromatic N) is 2. The smallest absolute Gasteiger partial charge is 0.286 e. The summed E-state index contributed by atoms with van der Waals surface area (Å²) in [7, 11) is 1.43. The van der Waals surface area contributed by atoms with E-state index in [-0.39, 0.29) is 41.2 Å². The summed E-state index contributed by atoms with van der Waals surface area (Å²) in [4.78, 5) is 25.0. The highest BCUT2D eigenvalue weighted by Crippen LogP contribution is 2.36. The highest BCUT2D eigenvalue weighted by Gasteiger charge is 2.31. The molecule has 134 valence electrons. The number of likely N-dealkylation sites (tertiary alicyclic amines) is 1. The summed E-state index contributed by atoms with van der Waals surface area (Å²) >= 11 is 0. The first-order chi connectivity index (χ1) is 11.0. The van der Waals surface area contributed by atoms with Crippen molar-refractivity contribution in [3.63, 3.8) is 0 Å². The normalized spacial score (nSPS) is 16.5. The molecule has 24 heavy (non-hydrogen) atoms. The molecule has 1 atom stereocenters. The fraction of sp³-hybridized carbons (Fsp3) is 0.533. The predicted molar refractivity (Wildman–Crippen MR) is 91.1 cm³/mol. The number of benzene rings is 1. The van der Waals surface area contributed by atoms with Crippen molar-refractivity contribution in [1.82, 2.24) is 4.90 Å². The Bertz CT molecular complexity index is 611. The van der Waals surface area contributed by atoms with E-state index in [9.17, 15) is 14.9 Å². The Morgan fingerprint density at radius 3 is 2.67 bits per heavy atom. The van der Waals surface area contributed by atoms with Crippen molar-refractivity contribution in [2.75, 3.05) is 33.4 Å². The number of methoxy groups -OCH3 is 1. The maximum Gasteiger partial charge on any atom is 0.286 e. The molecule has 1 heterocycles. The second-order valence-corrected chi connectivity index (χ2v) is 5.35. The Hall–Kier alpha value is -2.06. The Kier molecular flexibility index (Phi) is 7.24. The van der Waals surface area contributed by atoms with Crippen molar-refractivity contribution >= 4 is 24.0 Å². The third-order valence-electron chi connectivity index (χ3n) is 3.92. The molecule has 1 saturated heterocycles. The van der Waals surface area contributed by atoms with Gasteiger partial charge in [-0.2, -0.15) is 0 Å². The molecule has 1 unspecified atom stereocenters. The lowest BCUT2D eigenvalue weighted by atomic mass is 10.1. The minimum absolute atomic E-state index is 0. The zero-order chi connectivity index (χ0) is 17.0. The monoisotopic (exact) mass is 359 g/mol. The van der Waals surface area contributed by atoms with Gasteiger partial charge in [-0.15, -0.1) is 12.4 Å². The molecular formula is C15H22ClN3O5. The summed E-state index contributed by atoms with van der Waals surface area (Å²) in [6.07, 6.45) is 0.810. The molecule has 0 spiro atoms. The van der Waals surface area contributed by atoms with E-state index in [1.807, 2.05) is 0 Å². The SMILES string of the molecule is CCOc1cc([N+](=O)[O-])c(C(=O)N2CCC(CN)C2)cc1OC.Cl. The van der Waals surface area contributed by atoms with Crippen LogP contribution in [0.15, 0.2) is 12.1 Å². The number of carbonyl (C=O) groups is 1. The van der Waals surface area contributed by atoms with Crippen LogP contribution in [0.4, 0.5) is 5.69 Å². The van der Waals surface area contributed by atoms with Gasteiger partial charge in [0, 0.05) is 19.2 Å². The van der Waals surface area contributed by atoms with Gasteiger partial charge in [0.25, 0.3) is 11.6 Å². The van der Waals surface area contributed by atoms with E-state index in [0.29, 0.717) is 32.0 Å². The number of hydrogen-bond acceptors (Lipinski definition) is 6. The molecule has 1 aliphatic heterocycles. The van der Waals surface area contributed by atoms with Crippen LogP contribution < -0.4 is 15.2 Å². The largest absolute Gasteiger partial charge is 0.493 e. The van der Waals surface area contributed by atoms with Gasteiger partial charge >= 0.3 is 0 Å². The van der Waals surface area contributed by atoms with E-state index >= 15 is 0 Å². The molecule has 0 radical (unpaired) electrons. The van der Waals surface area contributed by atoms with Gasteiger partial charge in [0.15, 0.2) is 11.5 Å². The summed E-state index contributed by atoms with van der Waals surface area (Å²) in [5.41, 5.74) is 5.35. The Morgan fingerprint density at radius 1 is 1.46 bits per heavy atom. The van der Waals surface area contributed by atoms with Gasteiger partial charge < -0.3 is 20.1 Å². The third kappa shape index (κ3) is 4.07. The zero-order valence-electron chi connectivity index (χ0n) is 13.7. The van der Waals surface area contributed by atoms with E-state index in [2.05, 4.69) is 0 Å². The lowest BCUT2D eigenvalue weighted by molar-refractivity contribution is -0.385. The van der Waals surface area contributed by atoms with Gasteiger partial charge in [0.1, 0.15) is 5.56 Å². The Balaban J connectivity index is 0.00000288. The van der Waals surface area contributed by atoms with E-state index in [1.165, 1.54) is 19.2 Å². The van der Waals surface area contributed by atoms with Crippen molar-refractivity contribution < 1.29 is 19.2 Å². The number of ether oxygens (including phenoxy) is 2. The fourth-order valence-corrected chi connectivity index (χ4v) is 2.68. The molecule has 8 nitrogen and oxygen atoms in total. The van der Waals surface area contributed by atoms with Crippen molar-refractivity contribution in [2.45, 2.75) is 13.3 Å². The number of carbonyl (C=O) groups excluding carboxylic acids is 1. The fourth-order valence-electron chi connectivity index (χ4n) is 2.68. The van der Waals surface area contributed by atoms with Crippen LogP contribution in [0.1, 0.15) is 23.7 Å². The van der Waals surface area contributed by atoms with E-state index in [4.69, 9.17) is 15.2 Å². The van der Waals surface area contributed by atoms with Gasteiger partial charge in [-0.1, -0.05) is 0 Å². The van der Waals surface area contributed by atoms with E-state index in [0.717, 1.165) is 6.42 Å². The summed E-state index contributed by atoms with van der Waals surface area (Å²) in [6, 6.07) is 2.62. The lowest BCUT2D eigenvalue weighted by Gasteiger charge is -2.17. The van der Waals surface area contributed by atoms with Crippen LogP contribution in [0.2, 0.25) is 0 Å². The molecule has 9 heteroatoms. The van der Waals surface area contributed by atoms with Gasteiger partial charge in [0.2, 0.25) is 0 Å². The van der Waals surface area contributed by atoms with Crippen LogP contribution in [0.3, 0.4) is 0 Å². The summed E-state index contributed by atoms with van der Waals surface area (Å²) < 4.78 is 10.5. The number of nitro groups is 1. The number of amides is 1. The number of nitro benzene ring substituents is 1. The standard InChI is InChI=1S/C15H21N3O5.ClH/c1-3-23-14-7-12(18(20)21)11(6-13(14)22-2)15(19)17-5-4-10(8-16)9-17;/h6-7,10H,3-5,8-9,16H2,1-2H3;1H. The van der Waals surface area contributed by atoms with Crippen LogP contribution >= 0.6 is 12.4 Å². The minimum atomic E-state index is -0.578. The molecule has 0 saturated carbocycles. The van der Waals surface area contributed by atoms with Gasteiger partial charge in [-0.25, -0.2) is 0 Å². The highest BCUT2D eigenvalue weighted by molar-refractivity contribution is 5.99. The predicted octanol–water partition coefficient (Wildman–Crippen LogP) is 1.84. The molecule has 2 rings (SSSR count). The van der Waals surface area contributed by atoms with Crippen LogP contribution in [0.5, 0.6) is 11.5 Å². The number of hydrogen-bond donors (Lipinski definition) is 1. The molecular weight excluding hydrogens is 338 g/mol. The van der Waals surface area contributed by atoms with Crippen molar-refractivity contribution in [3.05, 3.63) is 27.8 Å². The maximum atomic E-state index is 12.7. The number of halogens is 1. The second kappa shape index (κ2) is 8.70. The van der Waals surface area contributed by atoms with Crippen LogP contribution in [0, 0.1) is 16.0 Å². The molecule has 1 aromatic carbocycles. The average molecular weight is 360 g/mol. The zero-order valence-corrected chi connectivity index (χ0v) is 14.5. The molecule has 1 fully saturated rings. The molecule has 1 amide bonds. The lowest BCUT2D eigenvalue weighted by Crippen LogP contribution is -2.30. The van der Waals surface area contributed by atoms with Crippen molar-refractivity contribution in [1.29, 1.82) is 0 Å². The first-order valence-corrected chi connectivity index (χ1v) is 7.50. The maximum absolute atomic E-state index is 12.7. The quantitative estimate of drug-likeness (QED) is 0.613. The first kappa shape index (κ1) is 20.0. The number of rotatable bonds is 6. The van der Waals surface area contributed by atoms with Crippen LogP contribution in [-0.4, -0.2) is 49.1 Å². The minimum Gasteiger partial charge on any atom is -0.493 e. The van der Waals surface area contributed by atoms with E-state index < -0.39 is 4.92 Å². The van der Waals surface area contributed by atoms with E-state index in [1.54, 1.807) is 11.8 Å². The molecule has 1 aromatic rings. The van der Waals surface area contributed by atoms with Gasteiger partial charge in [-0.3, -0.25) is 14.9 Å². The molecule has 1 aliphatic rings. The molecule has 0 bridgehead atoms. The van der Waals surface area contributed by atoms with Crippen molar-refractivity contribution in [3.8, 4) is 11.5 Å². The van der Waals surface area contributed by atoms with Crippen LogP contribution in [0.25, 0.3) is 0 Å². The average Bonchev–Trinajstić information content (AvgIpc) is 3.03. The molecule has 0 aromatic heterocycles. The summed E-state index contributed by atoms with van der Waals surface area (Å²) in [5, 5.41) is 11.3. The highest BCUT2D eigenvalue weighted by atomic mass is 35.5. The van der Waals surface area contributed by atoms with Crippen LogP contribution in [-0.2, 0) is 0 Å². The van der Waals surface area contributed by atoms with Crippen molar-refractivity contribution in [2.24, 2.45) is 11.7 Å². The molecule has 2 N–H and O–H groups in total. The Labute approximate surface area is 146 Å². The Morgan fingerprint density at radius 2 is 2.17 bits per heavy atom. The van der Waals surface area contributed by atoms with Gasteiger partial charge in [-0.05, 0) is 25.8 Å². The first-order valence-electron chi connectivity index (χ1n) is 7.50. The third-order valence-corrected chi connectivity index (χ3v) is 3.92. The summed E-state index contributed by atoms with van der Waals surface area (Å²) in [5.74, 6) is 0.409. The summed E-state index contributed by atoms with van der Waals surface area (Å²) in [6.45, 7) is 3.67. The van der Waals surface area contributed by atoms with Gasteiger partial charge in [0.05, 0.1) is 24.7 Å².